The maximum atomic E-state index is 10.7. The lowest BCUT2D eigenvalue weighted by Gasteiger charge is -2.34. The van der Waals surface area contributed by atoms with Gasteiger partial charge >= 0.3 is 0 Å². The van der Waals surface area contributed by atoms with Crippen molar-refractivity contribution in [2.24, 2.45) is 0 Å². The molecule has 3 N–H and O–H groups in total. The number of nitro benzene ring substituents is 1. The van der Waals surface area contributed by atoms with Gasteiger partial charge in [-0.25, -0.2) is 0 Å². The number of nitrogens with zero attached hydrogens (tertiary/aromatic N) is 1. The molecule has 0 spiro atoms. The Hall–Kier alpha value is -2.13. The van der Waals surface area contributed by atoms with Gasteiger partial charge in [-0.05, 0) is 29.7 Å². The van der Waals surface area contributed by atoms with Crippen molar-refractivity contribution < 1.29 is 25.0 Å². The molecular formula is C18H19NO6S. The molecule has 1 saturated heterocycles. The second kappa shape index (κ2) is 8.05. The summed E-state index contributed by atoms with van der Waals surface area (Å²) in [4.78, 5) is 10.2. The van der Waals surface area contributed by atoms with E-state index in [4.69, 9.17) is 4.74 Å². The second-order valence-electron chi connectivity index (χ2n) is 6.11. The number of hydrogen-bond donors (Lipinski definition) is 3. The predicted octanol–water partition coefficient (Wildman–Crippen LogP) is 1.72. The van der Waals surface area contributed by atoms with E-state index in [1.807, 2.05) is 12.1 Å². The molecule has 0 saturated carbocycles. The Kier molecular flexibility index (Phi) is 5.77. The van der Waals surface area contributed by atoms with Gasteiger partial charge in [0.25, 0.3) is 5.69 Å². The van der Waals surface area contributed by atoms with Crippen LogP contribution in [-0.2, 0) is 6.42 Å². The van der Waals surface area contributed by atoms with Crippen molar-refractivity contribution in [1.29, 1.82) is 0 Å². The van der Waals surface area contributed by atoms with Crippen LogP contribution in [0.4, 0.5) is 5.69 Å². The van der Waals surface area contributed by atoms with Gasteiger partial charge in [-0.2, -0.15) is 0 Å². The molecule has 2 aromatic carbocycles. The Morgan fingerprint density at radius 1 is 1.00 bits per heavy atom. The Labute approximate surface area is 154 Å². The highest BCUT2D eigenvalue weighted by Gasteiger charge is 2.38. The molecule has 0 amide bonds. The summed E-state index contributed by atoms with van der Waals surface area (Å²) >= 11 is 1.25. The fourth-order valence-electron chi connectivity index (χ4n) is 2.67. The van der Waals surface area contributed by atoms with Crippen LogP contribution in [0.15, 0.2) is 48.5 Å². The molecule has 7 nitrogen and oxygen atoms in total. The minimum Gasteiger partial charge on any atom is -0.477 e. The van der Waals surface area contributed by atoms with Crippen molar-refractivity contribution in [2.45, 2.75) is 30.2 Å². The van der Waals surface area contributed by atoms with Crippen LogP contribution in [-0.4, -0.2) is 49.7 Å². The average Bonchev–Trinajstić information content (AvgIpc) is 2.64. The highest BCUT2D eigenvalue weighted by atomic mass is 32.2. The van der Waals surface area contributed by atoms with Gasteiger partial charge in [-0.3, -0.25) is 10.1 Å². The van der Waals surface area contributed by atoms with Crippen LogP contribution < -0.4 is 4.74 Å². The normalized spacial score (nSPS) is 25.7. The molecule has 0 radical (unpaired) electrons. The van der Waals surface area contributed by atoms with Crippen LogP contribution in [0, 0.1) is 10.1 Å². The first-order chi connectivity index (χ1) is 12.4. The van der Waals surface area contributed by atoms with Crippen molar-refractivity contribution in [1.82, 2.24) is 0 Å². The molecule has 0 bridgehead atoms. The van der Waals surface area contributed by atoms with Crippen molar-refractivity contribution in [2.75, 3.05) is 5.75 Å². The Morgan fingerprint density at radius 2 is 1.58 bits per heavy atom. The van der Waals surface area contributed by atoms with Gasteiger partial charge in [0.1, 0.15) is 18.0 Å². The molecule has 2 aromatic rings. The SMILES string of the molecule is O=[N+]([O-])c1ccc(Cc2ccc(O[C@H]3SC[C@@H](O)[C@H](O)[C@H]3O)cc2)cc1. The molecule has 0 aromatic heterocycles. The fourth-order valence-corrected chi connectivity index (χ4v) is 3.80. The zero-order chi connectivity index (χ0) is 18.7. The standard InChI is InChI=1S/C18H19NO6S/c20-15-10-26-18(17(22)16(15)21)25-14-7-3-12(4-8-14)9-11-1-5-13(6-2-11)19(23)24/h1-8,15-18,20-22H,9-10H2/t15-,16+,17-,18+/m1/s1. The van der Waals surface area contributed by atoms with E-state index in [-0.39, 0.29) is 5.69 Å². The molecule has 8 heteroatoms. The monoisotopic (exact) mass is 377 g/mol. The van der Waals surface area contributed by atoms with Crippen molar-refractivity contribution in [3.05, 3.63) is 69.8 Å². The Morgan fingerprint density at radius 3 is 2.15 bits per heavy atom. The third kappa shape index (κ3) is 4.34. The van der Waals surface area contributed by atoms with Crippen LogP contribution in [0.3, 0.4) is 0 Å². The van der Waals surface area contributed by atoms with Gasteiger partial charge in [0.05, 0.1) is 11.0 Å². The van der Waals surface area contributed by atoms with Gasteiger partial charge in [-0.15, -0.1) is 11.8 Å². The Balaban J connectivity index is 1.60. The maximum absolute atomic E-state index is 10.7. The number of benzene rings is 2. The lowest BCUT2D eigenvalue weighted by atomic mass is 10.0. The van der Waals surface area contributed by atoms with E-state index in [1.165, 1.54) is 23.9 Å². The van der Waals surface area contributed by atoms with Crippen molar-refractivity contribution >= 4 is 17.4 Å². The summed E-state index contributed by atoms with van der Waals surface area (Å²) in [5.41, 5.74) is 1.39. The second-order valence-corrected chi connectivity index (χ2v) is 7.24. The molecule has 1 aliphatic rings. The molecule has 26 heavy (non-hydrogen) atoms. The average molecular weight is 377 g/mol. The number of aliphatic hydroxyl groups is 3. The lowest BCUT2D eigenvalue weighted by molar-refractivity contribution is -0.384. The van der Waals surface area contributed by atoms with Crippen LogP contribution in [0.1, 0.15) is 11.1 Å². The number of thioether (sulfide) groups is 1. The number of aliphatic hydroxyl groups excluding tert-OH is 3. The molecule has 1 aliphatic heterocycles. The highest BCUT2D eigenvalue weighted by Crippen LogP contribution is 2.29. The van der Waals surface area contributed by atoms with Crippen LogP contribution in [0.25, 0.3) is 0 Å². The van der Waals surface area contributed by atoms with E-state index in [9.17, 15) is 25.4 Å². The van der Waals surface area contributed by atoms with Gasteiger partial charge in [0, 0.05) is 17.9 Å². The van der Waals surface area contributed by atoms with Crippen LogP contribution in [0.5, 0.6) is 5.75 Å². The number of rotatable bonds is 5. The van der Waals surface area contributed by atoms with Crippen molar-refractivity contribution in [3.8, 4) is 5.75 Å². The predicted molar refractivity (Wildman–Crippen MR) is 97.2 cm³/mol. The molecule has 1 fully saturated rings. The minimum atomic E-state index is -1.22. The largest absolute Gasteiger partial charge is 0.477 e. The summed E-state index contributed by atoms with van der Waals surface area (Å²) < 4.78 is 5.70. The van der Waals surface area contributed by atoms with E-state index >= 15 is 0 Å². The summed E-state index contributed by atoms with van der Waals surface area (Å²) in [6.07, 6.45) is -2.71. The van der Waals surface area contributed by atoms with E-state index in [0.717, 1.165) is 11.1 Å². The Bertz CT molecular complexity index is 751. The number of hydrogen-bond acceptors (Lipinski definition) is 7. The highest BCUT2D eigenvalue weighted by molar-refractivity contribution is 7.99. The fraction of sp³-hybridized carbons (Fsp3) is 0.333. The van der Waals surface area contributed by atoms with Crippen molar-refractivity contribution in [3.63, 3.8) is 0 Å². The molecule has 3 rings (SSSR count). The summed E-state index contributed by atoms with van der Waals surface area (Å²) in [5.74, 6) is 0.846. The van der Waals surface area contributed by atoms with Gasteiger partial charge in [-0.1, -0.05) is 24.3 Å². The quantitative estimate of drug-likeness (QED) is 0.537. The van der Waals surface area contributed by atoms with Gasteiger partial charge < -0.3 is 20.1 Å². The first-order valence-corrected chi connectivity index (χ1v) is 9.13. The summed E-state index contributed by atoms with van der Waals surface area (Å²) in [6.45, 7) is 0. The molecule has 0 unspecified atom stereocenters. The van der Waals surface area contributed by atoms with E-state index in [1.54, 1.807) is 24.3 Å². The smallest absolute Gasteiger partial charge is 0.269 e. The van der Waals surface area contributed by atoms with Crippen LogP contribution in [0.2, 0.25) is 0 Å². The maximum Gasteiger partial charge on any atom is 0.269 e. The van der Waals surface area contributed by atoms with E-state index in [2.05, 4.69) is 0 Å². The van der Waals surface area contributed by atoms with Crippen LogP contribution >= 0.6 is 11.8 Å². The molecule has 0 aliphatic carbocycles. The zero-order valence-electron chi connectivity index (χ0n) is 13.8. The number of non-ortho nitro benzene ring substituents is 1. The van der Waals surface area contributed by atoms with Gasteiger partial charge in [0.2, 0.25) is 0 Å². The summed E-state index contributed by atoms with van der Waals surface area (Å²) in [5, 5.41) is 39.9. The first kappa shape index (κ1) is 18.7. The van der Waals surface area contributed by atoms with E-state index in [0.29, 0.717) is 17.9 Å². The summed E-state index contributed by atoms with van der Waals surface area (Å²) in [6, 6.07) is 13.7. The third-order valence-electron chi connectivity index (χ3n) is 4.19. The number of nitro groups is 1. The molecule has 1 heterocycles. The minimum absolute atomic E-state index is 0.0633. The lowest BCUT2D eigenvalue weighted by Crippen LogP contribution is -2.50. The first-order valence-electron chi connectivity index (χ1n) is 8.09. The zero-order valence-corrected chi connectivity index (χ0v) is 14.6. The van der Waals surface area contributed by atoms with E-state index < -0.39 is 28.7 Å². The van der Waals surface area contributed by atoms with Gasteiger partial charge in [0.15, 0.2) is 5.44 Å². The molecule has 4 atom stereocenters. The molecule has 138 valence electrons. The molecular weight excluding hydrogens is 358 g/mol. The third-order valence-corrected chi connectivity index (χ3v) is 5.42. The number of ether oxygens (including phenoxy) is 1. The summed E-state index contributed by atoms with van der Waals surface area (Å²) in [7, 11) is 0. The topological polar surface area (TPSA) is 113 Å².